The zero-order chi connectivity index (χ0) is 17.1. The molecule has 7 nitrogen and oxygen atoms in total. The van der Waals surface area contributed by atoms with E-state index in [9.17, 15) is 15.4 Å². The van der Waals surface area contributed by atoms with Crippen molar-refractivity contribution in [1.82, 2.24) is 4.98 Å². The van der Waals surface area contributed by atoms with E-state index >= 15 is 0 Å². The predicted octanol–water partition coefficient (Wildman–Crippen LogP) is 3.22. The molecule has 0 fully saturated rings. The summed E-state index contributed by atoms with van der Waals surface area (Å²) in [7, 11) is 0. The molecule has 0 atom stereocenters. The molecule has 0 aliphatic rings. The molecule has 0 saturated heterocycles. The van der Waals surface area contributed by atoms with Gasteiger partial charge in [-0.15, -0.1) is 0 Å². The van der Waals surface area contributed by atoms with Gasteiger partial charge in [-0.3, -0.25) is 15.1 Å². The Hall–Kier alpha value is -3.50. The van der Waals surface area contributed by atoms with E-state index in [0.717, 1.165) is 11.3 Å². The number of nitriles is 1. The number of nitro groups is 1. The second-order valence-corrected chi connectivity index (χ2v) is 5.15. The highest BCUT2D eigenvalue weighted by Crippen LogP contribution is 2.31. The van der Waals surface area contributed by atoms with Gasteiger partial charge in [-0.1, -0.05) is 12.1 Å². The highest BCUT2D eigenvalue weighted by Gasteiger charge is 2.14. The van der Waals surface area contributed by atoms with E-state index in [2.05, 4.69) is 16.4 Å². The molecule has 1 aromatic heterocycles. The molecule has 3 aromatic rings. The molecule has 0 saturated carbocycles. The number of nitrogens with two attached hydrogens (primary N) is 1. The molecule has 118 valence electrons. The fraction of sp³-hybridized carbons (Fsp3) is 0.0588. The van der Waals surface area contributed by atoms with E-state index in [1.54, 1.807) is 6.07 Å². The Morgan fingerprint density at radius 3 is 2.83 bits per heavy atom. The zero-order valence-corrected chi connectivity index (χ0v) is 12.6. The number of anilines is 2. The molecule has 1 heterocycles. The molecule has 0 radical (unpaired) electrons. The van der Waals surface area contributed by atoms with E-state index in [1.165, 1.54) is 18.3 Å². The van der Waals surface area contributed by atoms with Crippen molar-refractivity contribution in [3.8, 4) is 6.07 Å². The van der Waals surface area contributed by atoms with Gasteiger partial charge in [0.05, 0.1) is 21.7 Å². The van der Waals surface area contributed by atoms with Crippen LogP contribution in [-0.4, -0.2) is 9.91 Å². The summed E-state index contributed by atoms with van der Waals surface area (Å²) in [6.07, 6.45) is 1.45. The van der Waals surface area contributed by atoms with Gasteiger partial charge in [0.1, 0.15) is 6.07 Å². The first-order valence-electron chi connectivity index (χ1n) is 7.15. The molecule has 0 amide bonds. The van der Waals surface area contributed by atoms with E-state index in [1.807, 2.05) is 24.3 Å². The van der Waals surface area contributed by atoms with Crippen LogP contribution in [0.3, 0.4) is 0 Å². The highest BCUT2D eigenvalue weighted by atomic mass is 16.6. The van der Waals surface area contributed by atoms with Gasteiger partial charge in [0.25, 0.3) is 5.69 Å². The lowest BCUT2D eigenvalue weighted by atomic mass is 10.1. The van der Waals surface area contributed by atoms with Crippen molar-refractivity contribution >= 4 is 28.0 Å². The first-order valence-corrected chi connectivity index (χ1v) is 7.15. The fourth-order valence-electron chi connectivity index (χ4n) is 2.43. The third kappa shape index (κ3) is 2.86. The highest BCUT2D eigenvalue weighted by molar-refractivity contribution is 5.97. The van der Waals surface area contributed by atoms with Gasteiger partial charge in [0.15, 0.2) is 0 Å². The van der Waals surface area contributed by atoms with Crippen molar-refractivity contribution in [3.63, 3.8) is 0 Å². The van der Waals surface area contributed by atoms with Crippen LogP contribution in [0.15, 0.2) is 48.7 Å². The number of benzene rings is 2. The van der Waals surface area contributed by atoms with Crippen LogP contribution in [0.4, 0.5) is 17.1 Å². The Kier molecular flexibility index (Phi) is 4.05. The second kappa shape index (κ2) is 6.32. The number of nitrogens with zero attached hydrogens (tertiary/aromatic N) is 3. The van der Waals surface area contributed by atoms with Gasteiger partial charge in [-0.25, -0.2) is 0 Å². The van der Waals surface area contributed by atoms with Gasteiger partial charge in [0, 0.05) is 35.9 Å². The maximum absolute atomic E-state index is 11.0. The van der Waals surface area contributed by atoms with E-state index in [4.69, 9.17) is 5.73 Å². The summed E-state index contributed by atoms with van der Waals surface area (Å²) >= 11 is 0. The number of nitro benzene ring substituents is 1. The van der Waals surface area contributed by atoms with Crippen LogP contribution >= 0.6 is 0 Å². The molecule has 24 heavy (non-hydrogen) atoms. The smallest absolute Gasteiger partial charge is 0.270 e. The average molecular weight is 319 g/mol. The minimum Gasteiger partial charge on any atom is -0.354 e. The number of hydrogen-bond acceptors (Lipinski definition) is 6. The summed E-state index contributed by atoms with van der Waals surface area (Å²) in [5.41, 5.74) is 8.63. The number of nitrogens with one attached hydrogen (secondary N) is 1. The van der Waals surface area contributed by atoms with E-state index in [-0.39, 0.29) is 5.69 Å². The second-order valence-electron chi connectivity index (χ2n) is 5.15. The standard InChI is InChI=1S/C17H13N5O2/c18-8-11-2-1-3-13(6-11)21-17-12(9-19)10-20-16-5-4-14(22(23)24)7-15(16)17/h1-7,10H,8,18H2,(H,20,21). The predicted molar refractivity (Wildman–Crippen MR) is 90.7 cm³/mol. The Balaban J connectivity index is 2.18. The Morgan fingerprint density at radius 1 is 1.29 bits per heavy atom. The molecule has 0 aliphatic heterocycles. The van der Waals surface area contributed by atoms with Gasteiger partial charge in [-0.05, 0) is 23.8 Å². The maximum Gasteiger partial charge on any atom is 0.270 e. The molecule has 3 rings (SSSR count). The molecular weight excluding hydrogens is 306 g/mol. The first-order chi connectivity index (χ1) is 11.6. The quantitative estimate of drug-likeness (QED) is 0.563. The van der Waals surface area contributed by atoms with Crippen molar-refractivity contribution < 1.29 is 4.92 Å². The van der Waals surface area contributed by atoms with Gasteiger partial charge < -0.3 is 11.1 Å². The summed E-state index contributed by atoms with van der Waals surface area (Å²) in [5, 5.41) is 24.1. The Labute approximate surface area is 137 Å². The SMILES string of the molecule is N#Cc1cnc2ccc([N+](=O)[O-])cc2c1Nc1cccc(CN)c1. The number of non-ortho nitro benzene ring substituents is 1. The molecule has 0 bridgehead atoms. The molecule has 0 aliphatic carbocycles. The lowest BCUT2D eigenvalue weighted by Gasteiger charge is -2.12. The normalized spacial score (nSPS) is 10.3. The van der Waals surface area contributed by atoms with Crippen LogP contribution in [0.2, 0.25) is 0 Å². The third-order valence-corrected chi connectivity index (χ3v) is 3.61. The Bertz CT molecular complexity index is 978. The summed E-state index contributed by atoms with van der Waals surface area (Å²) in [5.74, 6) is 0. The average Bonchev–Trinajstić information content (AvgIpc) is 2.61. The number of fused-ring (bicyclic) bond motifs is 1. The Morgan fingerprint density at radius 2 is 2.12 bits per heavy atom. The topological polar surface area (TPSA) is 118 Å². The summed E-state index contributed by atoms with van der Waals surface area (Å²) in [6, 6.07) is 13.9. The van der Waals surface area contributed by atoms with Crippen molar-refractivity contribution in [2.24, 2.45) is 5.73 Å². The summed E-state index contributed by atoms with van der Waals surface area (Å²) in [4.78, 5) is 14.7. The third-order valence-electron chi connectivity index (χ3n) is 3.61. The number of rotatable bonds is 4. The summed E-state index contributed by atoms with van der Waals surface area (Å²) < 4.78 is 0. The van der Waals surface area contributed by atoms with Crippen molar-refractivity contribution in [2.45, 2.75) is 6.54 Å². The fourth-order valence-corrected chi connectivity index (χ4v) is 2.43. The molecule has 3 N–H and O–H groups in total. The van der Waals surface area contributed by atoms with Gasteiger partial charge >= 0.3 is 0 Å². The van der Waals surface area contributed by atoms with Crippen molar-refractivity contribution in [3.05, 3.63) is 69.9 Å². The van der Waals surface area contributed by atoms with Gasteiger partial charge in [0.2, 0.25) is 0 Å². The lowest BCUT2D eigenvalue weighted by molar-refractivity contribution is -0.384. The first kappa shape index (κ1) is 15.4. The molecule has 7 heteroatoms. The molecule has 2 aromatic carbocycles. The zero-order valence-electron chi connectivity index (χ0n) is 12.6. The number of pyridine rings is 1. The molecular formula is C17H13N5O2. The molecule has 0 spiro atoms. The number of aromatic nitrogens is 1. The van der Waals surface area contributed by atoms with Crippen LogP contribution in [0.25, 0.3) is 10.9 Å². The maximum atomic E-state index is 11.0. The molecule has 0 unspecified atom stereocenters. The van der Waals surface area contributed by atoms with Crippen molar-refractivity contribution in [1.29, 1.82) is 5.26 Å². The number of hydrogen-bond donors (Lipinski definition) is 2. The monoisotopic (exact) mass is 319 g/mol. The van der Waals surface area contributed by atoms with Crippen LogP contribution in [0, 0.1) is 21.4 Å². The van der Waals surface area contributed by atoms with Crippen LogP contribution < -0.4 is 11.1 Å². The lowest BCUT2D eigenvalue weighted by Crippen LogP contribution is -2.00. The van der Waals surface area contributed by atoms with Crippen molar-refractivity contribution in [2.75, 3.05) is 5.32 Å². The minimum absolute atomic E-state index is 0.0573. The van der Waals surface area contributed by atoms with Crippen LogP contribution in [-0.2, 0) is 6.54 Å². The summed E-state index contributed by atoms with van der Waals surface area (Å²) in [6.45, 7) is 0.392. The van der Waals surface area contributed by atoms with Crippen LogP contribution in [0.5, 0.6) is 0 Å². The minimum atomic E-state index is -0.475. The van der Waals surface area contributed by atoms with E-state index in [0.29, 0.717) is 28.7 Å². The van der Waals surface area contributed by atoms with Crippen LogP contribution in [0.1, 0.15) is 11.1 Å². The van der Waals surface area contributed by atoms with Gasteiger partial charge in [-0.2, -0.15) is 5.26 Å². The van der Waals surface area contributed by atoms with E-state index < -0.39 is 4.92 Å². The largest absolute Gasteiger partial charge is 0.354 e.